The molecule has 1 aliphatic rings. The number of ether oxygens (including phenoxy) is 2. The minimum absolute atomic E-state index is 0.0934. The predicted molar refractivity (Wildman–Crippen MR) is 144 cm³/mol. The number of hydrogen-bond acceptors (Lipinski definition) is 4. The summed E-state index contributed by atoms with van der Waals surface area (Å²) in [6, 6.07) is 10.6. The molecule has 42 heavy (non-hydrogen) atoms. The minimum Gasteiger partial charge on any atom is -0.444 e. The van der Waals surface area contributed by atoms with Gasteiger partial charge in [0.1, 0.15) is 5.60 Å². The van der Waals surface area contributed by atoms with Crippen LogP contribution in [0, 0.1) is 0 Å². The second-order valence-corrected chi connectivity index (χ2v) is 11.3. The average molecular weight is 603 g/mol. The molecule has 2 aromatic carbocycles. The standard InChI is InChI=1S/C30H36F6N2O4/c1-19(21-15-22(29(31,32)33)17-23(16-21)30(34,35)36)41-25-12-14-38(18-24(25)20-9-6-5-7-10-20)26(39)11-8-13-37-27(40)42-28(2,3)4/h5-7,9-10,15-17,19,24-25H,8,11-14,18H2,1-4H3,(H,37,40)/t19-,24+,25+/m1/s1. The zero-order chi connectivity index (χ0) is 31.3. The number of carbonyl (C=O) groups is 2. The fourth-order valence-electron chi connectivity index (χ4n) is 4.80. The minimum atomic E-state index is -4.96. The van der Waals surface area contributed by atoms with Crippen molar-refractivity contribution >= 4 is 12.0 Å². The summed E-state index contributed by atoms with van der Waals surface area (Å²) in [4.78, 5) is 26.5. The van der Waals surface area contributed by atoms with Crippen molar-refractivity contribution in [3.8, 4) is 0 Å². The first-order valence-electron chi connectivity index (χ1n) is 13.7. The molecule has 1 aliphatic heterocycles. The van der Waals surface area contributed by atoms with Crippen molar-refractivity contribution in [3.63, 3.8) is 0 Å². The van der Waals surface area contributed by atoms with Gasteiger partial charge in [-0.3, -0.25) is 4.79 Å². The van der Waals surface area contributed by atoms with Gasteiger partial charge in [0.2, 0.25) is 5.91 Å². The molecule has 0 bridgehead atoms. The van der Waals surface area contributed by atoms with E-state index in [2.05, 4.69) is 5.32 Å². The Morgan fingerprint density at radius 1 is 0.976 bits per heavy atom. The maximum atomic E-state index is 13.4. The molecule has 1 fully saturated rings. The van der Waals surface area contributed by atoms with Gasteiger partial charge in [-0.05, 0) is 69.9 Å². The van der Waals surface area contributed by atoms with Crippen molar-refractivity contribution in [2.45, 2.75) is 83.0 Å². The molecule has 0 aliphatic carbocycles. The number of benzene rings is 2. The van der Waals surface area contributed by atoms with Crippen molar-refractivity contribution < 1.29 is 45.4 Å². The smallest absolute Gasteiger partial charge is 0.416 e. The van der Waals surface area contributed by atoms with Crippen LogP contribution in [-0.2, 0) is 26.6 Å². The monoisotopic (exact) mass is 602 g/mol. The zero-order valence-electron chi connectivity index (χ0n) is 23.9. The van der Waals surface area contributed by atoms with E-state index in [0.717, 1.165) is 5.56 Å². The molecule has 0 saturated carbocycles. The van der Waals surface area contributed by atoms with Gasteiger partial charge in [0.25, 0.3) is 0 Å². The van der Waals surface area contributed by atoms with Crippen LogP contribution in [0.2, 0.25) is 0 Å². The van der Waals surface area contributed by atoms with Gasteiger partial charge >= 0.3 is 18.4 Å². The van der Waals surface area contributed by atoms with Gasteiger partial charge in [0.05, 0.1) is 23.3 Å². The molecular weight excluding hydrogens is 566 g/mol. The predicted octanol–water partition coefficient (Wildman–Crippen LogP) is 7.49. The second-order valence-electron chi connectivity index (χ2n) is 11.3. The van der Waals surface area contributed by atoms with Crippen LogP contribution in [0.15, 0.2) is 48.5 Å². The van der Waals surface area contributed by atoms with Crippen LogP contribution in [-0.4, -0.2) is 48.2 Å². The third kappa shape index (κ3) is 9.64. The number of hydrogen-bond donors (Lipinski definition) is 1. The molecule has 2 aromatic rings. The molecule has 0 spiro atoms. The van der Waals surface area contributed by atoms with E-state index in [1.165, 1.54) is 6.92 Å². The maximum Gasteiger partial charge on any atom is 0.416 e. The summed E-state index contributed by atoms with van der Waals surface area (Å²) < 4.78 is 91.7. The molecule has 1 N–H and O–H groups in total. The van der Waals surface area contributed by atoms with Crippen molar-refractivity contribution in [2.24, 2.45) is 0 Å². The summed E-state index contributed by atoms with van der Waals surface area (Å²) in [6.45, 7) is 7.46. The number of piperidine rings is 1. The highest BCUT2D eigenvalue weighted by atomic mass is 19.4. The van der Waals surface area contributed by atoms with Crippen molar-refractivity contribution in [3.05, 3.63) is 70.8 Å². The van der Waals surface area contributed by atoms with Crippen LogP contribution in [0.25, 0.3) is 0 Å². The number of alkyl carbamates (subject to hydrolysis) is 1. The highest BCUT2D eigenvalue weighted by molar-refractivity contribution is 5.76. The van der Waals surface area contributed by atoms with Gasteiger partial charge < -0.3 is 19.7 Å². The van der Waals surface area contributed by atoms with Crippen LogP contribution < -0.4 is 5.32 Å². The molecule has 12 heteroatoms. The number of amides is 2. The summed E-state index contributed by atoms with van der Waals surface area (Å²) in [5, 5.41) is 2.61. The summed E-state index contributed by atoms with van der Waals surface area (Å²) in [5.74, 6) is -0.500. The highest BCUT2D eigenvalue weighted by Crippen LogP contribution is 2.39. The van der Waals surface area contributed by atoms with Crippen LogP contribution in [0.5, 0.6) is 0 Å². The molecular formula is C30H36F6N2O4. The summed E-state index contributed by atoms with van der Waals surface area (Å²) >= 11 is 0. The Bertz CT molecular complexity index is 1180. The van der Waals surface area contributed by atoms with Crippen molar-refractivity contribution in [2.75, 3.05) is 19.6 Å². The molecule has 0 unspecified atom stereocenters. The van der Waals surface area contributed by atoms with E-state index in [0.29, 0.717) is 31.5 Å². The van der Waals surface area contributed by atoms with Gasteiger partial charge in [-0.1, -0.05) is 30.3 Å². The van der Waals surface area contributed by atoms with Gasteiger partial charge in [0.15, 0.2) is 0 Å². The van der Waals surface area contributed by atoms with E-state index in [1.54, 1.807) is 37.8 Å². The number of nitrogens with one attached hydrogen (secondary N) is 1. The zero-order valence-corrected chi connectivity index (χ0v) is 23.9. The first-order valence-corrected chi connectivity index (χ1v) is 13.7. The van der Waals surface area contributed by atoms with Gasteiger partial charge in [-0.15, -0.1) is 0 Å². The molecule has 232 valence electrons. The summed E-state index contributed by atoms with van der Waals surface area (Å²) in [6.07, 6.45) is -11.3. The Labute approximate surface area is 241 Å². The fourth-order valence-corrected chi connectivity index (χ4v) is 4.80. The fraction of sp³-hybridized carbons (Fsp3) is 0.533. The summed E-state index contributed by atoms with van der Waals surface area (Å²) in [5.41, 5.74) is -2.84. The lowest BCUT2D eigenvalue weighted by atomic mass is 9.87. The largest absolute Gasteiger partial charge is 0.444 e. The van der Waals surface area contributed by atoms with Crippen LogP contribution >= 0.6 is 0 Å². The molecule has 6 nitrogen and oxygen atoms in total. The maximum absolute atomic E-state index is 13.4. The normalized spacial score (nSPS) is 18.9. The van der Waals surface area contributed by atoms with Gasteiger partial charge in [-0.2, -0.15) is 26.3 Å². The van der Waals surface area contributed by atoms with Crippen molar-refractivity contribution in [1.29, 1.82) is 0 Å². The third-order valence-electron chi connectivity index (χ3n) is 6.82. The lowest BCUT2D eigenvalue weighted by Crippen LogP contribution is -2.46. The third-order valence-corrected chi connectivity index (χ3v) is 6.82. The number of rotatable bonds is 8. The summed E-state index contributed by atoms with van der Waals surface area (Å²) in [7, 11) is 0. The number of halogens is 6. The Morgan fingerprint density at radius 3 is 2.12 bits per heavy atom. The number of alkyl halides is 6. The lowest BCUT2D eigenvalue weighted by Gasteiger charge is -2.40. The molecule has 1 saturated heterocycles. The second kappa shape index (κ2) is 13.4. The molecule has 0 radical (unpaired) electrons. The number of carbonyl (C=O) groups excluding carboxylic acids is 2. The quantitative estimate of drug-likeness (QED) is 0.251. The van der Waals surface area contributed by atoms with Crippen LogP contribution in [0.1, 0.15) is 81.2 Å². The van der Waals surface area contributed by atoms with E-state index in [9.17, 15) is 35.9 Å². The molecule has 2 amide bonds. The average Bonchev–Trinajstić information content (AvgIpc) is 2.89. The van der Waals surface area contributed by atoms with E-state index >= 15 is 0 Å². The topological polar surface area (TPSA) is 67.9 Å². The van der Waals surface area contributed by atoms with Crippen LogP contribution in [0.4, 0.5) is 31.1 Å². The van der Waals surface area contributed by atoms with Gasteiger partial charge in [-0.25, -0.2) is 4.79 Å². The molecule has 0 aromatic heterocycles. The molecule has 1 heterocycles. The Morgan fingerprint density at radius 2 is 1.57 bits per heavy atom. The van der Waals surface area contributed by atoms with Crippen LogP contribution in [0.3, 0.4) is 0 Å². The van der Waals surface area contributed by atoms with Gasteiger partial charge in [0, 0.05) is 32.0 Å². The number of likely N-dealkylation sites (tertiary alicyclic amines) is 1. The van der Waals surface area contributed by atoms with Crippen molar-refractivity contribution in [1.82, 2.24) is 10.2 Å². The van der Waals surface area contributed by atoms with E-state index < -0.39 is 47.4 Å². The van der Waals surface area contributed by atoms with E-state index in [1.807, 2.05) is 18.2 Å². The van der Waals surface area contributed by atoms with E-state index in [4.69, 9.17) is 9.47 Å². The molecule has 3 atom stereocenters. The first kappa shape index (κ1) is 33.2. The first-order chi connectivity index (χ1) is 19.4. The molecule has 3 rings (SSSR count). The van der Waals surface area contributed by atoms with E-state index in [-0.39, 0.29) is 43.0 Å². The lowest BCUT2D eigenvalue weighted by molar-refractivity contribution is -0.143. The Balaban J connectivity index is 1.71. The highest BCUT2D eigenvalue weighted by Gasteiger charge is 2.39. The SMILES string of the molecule is C[C@@H](O[C@H]1CCN(C(=O)CCCNC(=O)OC(C)(C)C)C[C@H]1c1ccccc1)c1cc(C(F)(F)F)cc(C(F)(F)F)c1. The Hall–Kier alpha value is -3.28. The number of nitrogens with zero attached hydrogens (tertiary/aromatic N) is 1. The Kier molecular flexibility index (Phi) is 10.6.